The minimum Gasteiger partial charge on any atom is -0.393 e. The quantitative estimate of drug-likeness (QED) is 0.601. The lowest BCUT2D eigenvalue weighted by Crippen LogP contribution is -2.18. The van der Waals surface area contributed by atoms with E-state index in [1.165, 1.54) is 25.7 Å². The maximum atomic E-state index is 9.36. The second-order valence-corrected chi connectivity index (χ2v) is 10.5. The molecule has 6 atom stereocenters. The number of aliphatic hydroxyl groups excluding tert-OH is 2. The lowest BCUT2D eigenvalue weighted by atomic mass is 9.93. The summed E-state index contributed by atoms with van der Waals surface area (Å²) >= 11 is 0. The second-order valence-electron chi connectivity index (χ2n) is 10.5. The number of rotatable bonds is 3. The highest BCUT2D eigenvalue weighted by Crippen LogP contribution is 2.35. The topological polar surface area (TPSA) is 64.2 Å². The van der Waals surface area contributed by atoms with Gasteiger partial charge in [0.15, 0.2) is 0 Å². The van der Waals surface area contributed by atoms with E-state index < -0.39 is 0 Å². The molecule has 0 radical (unpaired) electrons. The van der Waals surface area contributed by atoms with E-state index in [-0.39, 0.29) is 12.2 Å². The van der Waals surface area contributed by atoms with E-state index in [9.17, 15) is 5.11 Å². The molecule has 28 heavy (non-hydrogen) atoms. The molecule has 3 saturated carbocycles. The van der Waals surface area contributed by atoms with Gasteiger partial charge in [-0.2, -0.15) is 5.26 Å². The highest BCUT2D eigenvalue weighted by molar-refractivity contribution is 4.90. The van der Waals surface area contributed by atoms with Crippen LogP contribution in [-0.2, 0) is 0 Å². The Labute approximate surface area is 174 Å². The predicted molar refractivity (Wildman–Crippen MR) is 118 cm³/mol. The monoisotopic (exact) mass is 393 g/mol. The van der Waals surface area contributed by atoms with E-state index in [0.717, 1.165) is 55.8 Å². The third-order valence-corrected chi connectivity index (χ3v) is 7.37. The van der Waals surface area contributed by atoms with Gasteiger partial charge in [-0.15, -0.1) is 0 Å². The number of hydrogen-bond acceptors (Lipinski definition) is 3. The molecule has 0 aromatic rings. The molecule has 2 N–H and O–H groups in total. The lowest BCUT2D eigenvalue weighted by molar-refractivity contribution is 0.108. The van der Waals surface area contributed by atoms with Crippen molar-refractivity contribution in [1.82, 2.24) is 0 Å². The molecule has 0 heterocycles. The SMILES string of the molecule is CC(C)C1CCC(C#N)C1.CC(C)C1CCC(O)C1.CC(C)C1CCCC1O. The fraction of sp³-hybridized carbons (Fsp3) is 0.960. The first kappa shape index (κ1) is 25.4. The molecule has 3 aliphatic rings. The minimum absolute atomic E-state index is 0.00463. The molecule has 3 nitrogen and oxygen atoms in total. The van der Waals surface area contributed by atoms with E-state index in [2.05, 4.69) is 47.6 Å². The molecule has 3 heteroatoms. The first-order chi connectivity index (χ1) is 13.1. The first-order valence-corrected chi connectivity index (χ1v) is 11.9. The Kier molecular flexibility index (Phi) is 11.7. The summed E-state index contributed by atoms with van der Waals surface area (Å²) in [7, 11) is 0. The minimum atomic E-state index is 0.00463. The second kappa shape index (κ2) is 12.9. The molecule has 0 spiro atoms. The summed E-state index contributed by atoms with van der Waals surface area (Å²) in [6.07, 6.45) is 10.4. The first-order valence-electron chi connectivity index (χ1n) is 11.9. The molecule has 164 valence electrons. The van der Waals surface area contributed by atoms with Crippen molar-refractivity contribution >= 4 is 0 Å². The van der Waals surface area contributed by atoms with Crippen molar-refractivity contribution in [1.29, 1.82) is 5.26 Å². The van der Waals surface area contributed by atoms with Crippen LogP contribution >= 0.6 is 0 Å². The zero-order valence-electron chi connectivity index (χ0n) is 19.4. The highest BCUT2D eigenvalue weighted by atomic mass is 16.3. The summed E-state index contributed by atoms with van der Waals surface area (Å²) in [5, 5.41) is 27.1. The number of nitrogens with zero attached hydrogens (tertiary/aromatic N) is 1. The molecule has 0 aliphatic heterocycles. The van der Waals surface area contributed by atoms with Crippen molar-refractivity contribution in [3.63, 3.8) is 0 Å². The van der Waals surface area contributed by atoms with Crippen molar-refractivity contribution < 1.29 is 10.2 Å². The van der Waals surface area contributed by atoms with Gasteiger partial charge in [-0.25, -0.2) is 0 Å². The molecule has 3 aliphatic carbocycles. The van der Waals surface area contributed by atoms with E-state index >= 15 is 0 Å². The zero-order valence-corrected chi connectivity index (χ0v) is 19.4. The number of hydrogen-bond donors (Lipinski definition) is 2. The standard InChI is InChI=1S/C9H15N.2C8H16O/c1-7(2)9-4-3-8(5-9)6-10;1-6(2)7-3-4-8(9)5-7;1-6(2)7-4-3-5-8(7)9/h7-9H,3-5H2,1-2H3;2*6-9H,3-5H2,1-2H3. The van der Waals surface area contributed by atoms with E-state index in [4.69, 9.17) is 10.4 Å². The van der Waals surface area contributed by atoms with Crippen molar-refractivity contribution in [2.24, 2.45) is 41.4 Å². The van der Waals surface area contributed by atoms with Gasteiger partial charge in [-0.1, -0.05) is 48.0 Å². The molecule has 0 amide bonds. The van der Waals surface area contributed by atoms with Gasteiger partial charge >= 0.3 is 0 Å². The molecule has 3 fully saturated rings. The molecule has 0 bridgehead atoms. The maximum absolute atomic E-state index is 9.36. The fourth-order valence-electron chi connectivity index (χ4n) is 5.08. The highest BCUT2D eigenvalue weighted by Gasteiger charge is 2.27. The van der Waals surface area contributed by atoms with Crippen molar-refractivity contribution in [3.05, 3.63) is 0 Å². The van der Waals surface area contributed by atoms with Gasteiger partial charge in [0, 0.05) is 5.92 Å². The van der Waals surface area contributed by atoms with Crippen LogP contribution in [0.5, 0.6) is 0 Å². The third-order valence-electron chi connectivity index (χ3n) is 7.37. The molecule has 0 saturated heterocycles. The van der Waals surface area contributed by atoms with Crippen LogP contribution < -0.4 is 0 Å². The average molecular weight is 394 g/mol. The van der Waals surface area contributed by atoms with Crippen molar-refractivity contribution in [3.8, 4) is 6.07 Å². The average Bonchev–Trinajstić information content (AvgIpc) is 3.35. The van der Waals surface area contributed by atoms with Gasteiger partial charge in [0.2, 0.25) is 0 Å². The molecule has 0 aromatic heterocycles. The summed E-state index contributed by atoms with van der Waals surface area (Å²) in [5.74, 6) is 4.78. The predicted octanol–water partition coefficient (Wildman–Crippen LogP) is 6.19. The Hall–Kier alpha value is -0.590. The van der Waals surface area contributed by atoms with Crippen LogP contribution in [0.25, 0.3) is 0 Å². The van der Waals surface area contributed by atoms with Crippen molar-refractivity contribution in [2.45, 2.75) is 112 Å². The fourth-order valence-corrected chi connectivity index (χ4v) is 5.08. The summed E-state index contributed by atoms with van der Waals surface area (Å²) in [4.78, 5) is 0. The van der Waals surface area contributed by atoms with Crippen LogP contribution in [0.4, 0.5) is 0 Å². The summed E-state index contributed by atoms with van der Waals surface area (Å²) in [6.45, 7) is 13.4. The molecular formula is C25H47NO2. The van der Waals surface area contributed by atoms with Gasteiger partial charge in [-0.3, -0.25) is 0 Å². The Balaban J connectivity index is 0.000000210. The van der Waals surface area contributed by atoms with Crippen LogP contribution in [0.15, 0.2) is 0 Å². The maximum Gasteiger partial charge on any atom is 0.0655 e. The molecule has 0 aromatic carbocycles. The van der Waals surface area contributed by atoms with E-state index in [0.29, 0.717) is 17.8 Å². The molecule has 3 rings (SSSR count). The van der Waals surface area contributed by atoms with Gasteiger partial charge in [-0.05, 0) is 86.9 Å². The number of nitriles is 1. The Bertz CT molecular complexity index is 454. The summed E-state index contributed by atoms with van der Waals surface area (Å²) in [6, 6.07) is 2.35. The van der Waals surface area contributed by atoms with Gasteiger partial charge in [0.1, 0.15) is 0 Å². The van der Waals surface area contributed by atoms with Crippen LogP contribution in [0.1, 0.15) is 99.3 Å². The number of aliphatic hydroxyl groups is 2. The molecular weight excluding hydrogens is 346 g/mol. The van der Waals surface area contributed by atoms with Gasteiger partial charge in [0.05, 0.1) is 18.3 Å². The van der Waals surface area contributed by atoms with Gasteiger partial charge in [0.25, 0.3) is 0 Å². The Morgan fingerprint density at radius 1 is 0.714 bits per heavy atom. The Morgan fingerprint density at radius 2 is 1.29 bits per heavy atom. The van der Waals surface area contributed by atoms with Crippen LogP contribution in [0.3, 0.4) is 0 Å². The van der Waals surface area contributed by atoms with Crippen LogP contribution in [0, 0.1) is 52.8 Å². The van der Waals surface area contributed by atoms with E-state index in [1.54, 1.807) is 0 Å². The van der Waals surface area contributed by atoms with Gasteiger partial charge < -0.3 is 10.2 Å². The zero-order chi connectivity index (χ0) is 21.3. The summed E-state index contributed by atoms with van der Waals surface area (Å²) < 4.78 is 0. The van der Waals surface area contributed by atoms with Crippen LogP contribution in [0.2, 0.25) is 0 Å². The van der Waals surface area contributed by atoms with Crippen molar-refractivity contribution in [2.75, 3.05) is 0 Å². The molecule has 6 unspecified atom stereocenters. The smallest absolute Gasteiger partial charge is 0.0655 e. The van der Waals surface area contributed by atoms with E-state index in [1.807, 2.05) is 0 Å². The Morgan fingerprint density at radius 3 is 1.54 bits per heavy atom. The van der Waals surface area contributed by atoms with Crippen LogP contribution in [-0.4, -0.2) is 22.4 Å². The summed E-state index contributed by atoms with van der Waals surface area (Å²) in [5.41, 5.74) is 0. The lowest BCUT2D eigenvalue weighted by Gasteiger charge is -2.17. The largest absolute Gasteiger partial charge is 0.393 e. The third kappa shape index (κ3) is 8.83. The normalized spacial score (nSPS) is 34.8.